The third-order valence-electron chi connectivity index (χ3n) is 1.54. The molecule has 0 unspecified atom stereocenters. The van der Waals surface area contributed by atoms with E-state index in [1.54, 1.807) is 6.07 Å². The lowest BCUT2D eigenvalue weighted by atomic mass is 10.1. The van der Waals surface area contributed by atoms with Gasteiger partial charge in [-0.25, -0.2) is 8.78 Å². The van der Waals surface area contributed by atoms with Gasteiger partial charge in [-0.05, 0) is 12.1 Å². The van der Waals surface area contributed by atoms with Gasteiger partial charge >= 0.3 is 0 Å². The Bertz CT molecular complexity index is 258. The molecule has 12 heavy (non-hydrogen) atoms. The number of nitrogens with two attached hydrogens (primary N) is 1. The van der Waals surface area contributed by atoms with Gasteiger partial charge in [-0.15, -0.1) is 0 Å². The van der Waals surface area contributed by atoms with E-state index in [0.29, 0.717) is 4.47 Å². The van der Waals surface area contributed by atoms with E-state index < -0.39 is 18.5 Å². The molecule has 0 amide bonds. The summed E-state index contributed by atoms with van der Waals surface area (Å²) in [6, 6.07) is 3.54. The van der Waals surface area contributed by atoms with Gasteiger partial charge in [0.25, 0.3) is 0 Å². The lowest BCUT2D eigenvalue weighted by Gasteiger charge is -2.10. The van der Waals surface area contributed by atoms with Crippen LogP contribution in [0.25, 0.3) is 0 Å². The van der Waals surface area contributed by atoms with Gasteiger partial charge in [-0.2, -0.15) is 0 Å². The summed E-state index contributed by atoms with van der Waals surface area (Å²) >= 11 is 3.10. The molecule has 0 fully saturated rings. The molecule has 1 nitrogen and oxygen atoms in total. The molecule has 1 rings (SSSR count). The Balaban J connectivity index is 3.12. The van der Waals surface area contributed by atoms with E-state index in [-0.39, 0.29) is 5.56 Å². The van der Waals surface area contributed by atoms with E-state index in [2.05, 4.69) is 15.9 Å². The van der Waals surface area contributed by atoms with Crippen LogP contribution in [0.15, 0.2) is 22.7 Å². The van der Waals surface area contributed by atoms with E-state index in [9.17, 15) is 8.78 Å². The van der Waals surface area contributed by atoms with Crippen molar-refractivity contribution in [2.24, 2.45) is 5.73 Å². The van der Waals surface area contributed by atoms with Crippen LogP contribution in [0.4, 0.5) is 8.78 Å². The van der Waals surface area contributed by atoms with Gasteiger partial charge in [0.1, 0.15) is 12.5 Å². The molecule has 2 N–H and O–H groups in total. The second-order valence-electron chi connectivity index (χ2n) is 2.40. The Hall–Kier alpha value is -0.480. The SMILES string of the molecule is N[C@@H](CF)c1c(F)cccc1Br. The number of hydrogen-bond acceptors (Lipinski definition) is 1. The number of hydrogen-bond donors (Lipinski definition) is 1. The standard InChI is InChI=1S/C8H8BrF2N/c9-5-2-1-3-6(11)8(5)7(12)4-10/h1-3,7H,4,12H2/t7-/m0/s1. The van der Waals surface area contributed by atoms with Crippen molar-refractivity contribution < 1.29 is 8.78 Å². The summed E-state index contributed by atoms with van der Waals surface area (Å²) in [6.07, 6.45) is 0. The zero-order valence-corrected chi connectivity index (χ0v) is 7.81. The zero-order valence-electron chi connectivity index (χ0n) is 6.23. The van der Waals surface area contributed by atoms with Crippen LogP contribution in [-0.2, 0) is 0 Å². The van der Waals surface area contributed by atoms with E-state index in [0.717, 1.165) is 0 Å². The summed E-state index contributed by atoms with van der Waals surface area (Å²) in [5.74, 6) is -0.477. The van der Waals surface area contributed by atoms with Crippen molar-refractivity contribution >= 4 is 15.9 Å². The van der Waals surface area contributed by atoms with Gasteiger partial charge in [0, 0.05) is 10.0 Å². The Morgan fingerprint density at radius 2 is 2.17 bits per heavy atom. The maximum absolute atomic E-state index is 13.0. The van der Waals surface area contributed by atoms with E-state index >= 15 is 0 Å². The third kappa shape index (κ3) is 1.81. The van der Waals surface area contributed by atoms with Crippen molar-refractivity contribution in [1.82, 2.24) is 0 Å². The fourth-order valence-corrected chi connectivity index (χ4v) is 1.58. The highest BCUT2D eigenvalue weighted by atomic mass is 79.9. The van der Waals surface area contributed by atoms with Gasteiger partial charge in [0.2, 0.25) is 0 Å². The molecule has 4 heteroatoms. The maximum Gasteiger partial charge on any atom is 0.129 e. The van der Waals surface area contributed by atoms with Crippen LogP contribution in [0.3, 0.4) is 0 Å². The molecule has 1 aromatic carbocycles. The first-order chi connectivity index (χ1) is 5.66. The van der Waals surface area contributed by atoms with Crippen LogP contribution in [0, 0.1) is 5.82 Å². The van der Waals surface area contributed by atoms with Crippen LogP contribution < -0.4 is 5.73 Å². The summed E-state index contributed by atoms with van der Waals surface area (Å²) < 4.78 is 25.6. The number of halogens is 3. The molecule has 0 saturated heterocycles. The largest absolute Gasteiger partial charge is 0.322 e. The summed E-state index contributed by atoms with van der Waals surface area (Å²) in [4.78, 5) is 0. The van der Waals surface area contributed by atoms with Crippen LogP contribution in [0.5, 0.6) is 0 Å². The molecule has 0 aliphatic rings. The van der Waals surface area contributed by atoms with Crippen molar-refractivity contribution in [2.75, 3.05) is 6.67 Å². The zero-order chi connectivity index (χ0) is 9.14. The molecule has 0 bridgehead atoms. The second-order valence-corrected chi connectivity index (χ2v) is 3.25. The Labute approximate surface area is 77.7 Å². The van der Waals surface area contributed by atoms with E-state index in [4.69, 9.17) is 5.73 Å². The highest BCUT2D eigenvalue weighted by molar-refractivity contribution is 9.10. The van der Waals surface area contributed by atoms with Crippen molar-refractivity contribution in [3.63, 3.8) is 0 Å². The predicted octanol–water partition coefficient (Wildman–Crippen LogP) is 2.56. The molecule has 66 valence electrons. The van der Waals surface area contributed by atoms with E-state index in [1.807, 2.05) is 0 Å². The molecule has 0 radical (unpaired) electrons. The van der Waals surface area contributed by atoms with Gasteiger partial charge in [0.05, 0.1) is 6.04 Å². The van der Waals surface area contributed by atoms with Gasteiger partial charge < -0.3 is 5.73 Å². The Morgan fingerprint density at radius 1 is 1.50 bits per heavy atom. The molecular weight excluding hydrogens is 228 g/mol. The molecule has 0 spiro atoms. The average molecular weight is 236 g/mol. The molecule has 0 aliphatic heterocycles. The highest BCUT2D eigenvalue weighted by Crippen LogP contribution is 2.24. The average Bonchev–Trinajstić information content (AvgIpc) is 2.03. The molecule has 0 heterocycles. The number of benzene rings is 1. The van der Waals surface area contributed by atoms with Crippen LogP contribution in [0.1, 0.15) is 11.6 Å². The van der Waals surface area contributed by atoms with Crippen molar-refractivity contribution in [2.45, 2.75) is 6.04 Å². The fraction of sp³-hybridized carbons (Fsp3) is 0.250. The number of rotatable bonds is 2. The van der Waals surface area contributed by atoms with Gasteiger partial charge in [0.15, 0.2) is 0 Å². The molecule has 1 atom stereocenters. The second kappa shape index (κ2) is 3.96. The van der Waals surface area contributed by atoms with Gasteiger partial charge in [-0.3, -0.25) is 0 Å². The molecular formula is C8H8BrF2N. The van der Waals surface area contributed by atoms with Crippen LogP contribution >= 0.6 is 15.9 Å². The summed E-state index contributed by atoms with van der Waals surface area (Å²) in [5, 5.41) is 0. The molecule has 0 saturated carbocycles. The van der Waals surface area contributed by atoms with Crippen molar-refractivity contribution in [1.29, 1.82) is 0 Å². The first kappa shape index (κ1) is 9.61. The summed E-state index contributed by atoms with van der Waals surface area (Å²) in [7, 11) is 0. The summed E-state index contributed by atoms with van der Waals surface area (Å²) in [5.41, 5.74) is 5.55. The van der Waals surface area contributed by atoms with E-state index in [1.165, 1.54) is 12.1 Å². The van der Waals surface area contributed by atoms with Crippen LogP contribution in [-0.4, -0.2) is 6.67 Å². The Morgan fingerprint density at radius 3 is 2.67 bits per heavy atom. The number of alkyl halides is 1. The normalized spacial score (nSPS) is 13.0. The highest BCUT2D eigenvalue weighted by Gasteiger charge is 2.13. The Kier molecular flexibility index (Phi) is 3.17. The lowest BCUT2D eigenvalue weighted by Crippen LogP contribution is -2.14. The lowest BCUT2D eigenvalue weighted by molar-refractivity contribution is 0.426. The smallest absolute Gasteiger partial charge is 0.129 e. The topological polar surface area (TPSA) is 26.0 Å². The van der Waals surface area contributed by atoms with Crippen LogP contribution in [0.2, 0.25) is 0 Å². The quantitative estimate of drug-likeness (QED) is 0.838. The fourth-order valence-electron chi connectivity index (χ4n) is 0.942. The minimum Gasteiger partial charge on any atom is -0.322 e. The molecule has 0 aromatic heterocycles. The minimum absolute atomic E-state index is 0.194. The molecule has 0 aliphatic carbocycles. The van der Waals surface area contributed by atoms with Crippen molar-refractivity contribution in [3.05, 3.63) is 34.1 Å². The monoisotopic (exact) mass is 235 g/mol. The maximum atomic E-state index is 13.0. The van der Waals surface area contributed by atoms with Gasteiger partial charge in [-0.1, -0.05) is 22.0 Å². The first-order valence-electron chi connectivity index (χ1n) is 3.42. The minimum atomic E-state index is -0.888. The first-order valence-corrected chi connectivity index (χ1v) is 4.21. The molecule has 1 aromatic rings. The predicted molar refractivity (Wildman–Crippen MR) is 47.0 cm³/mol. The third-order valence-corrected chi connectivity index (χ3v) is 2.23. The van der Waals surface area contributed by atoms with Crippen molar-refractivity contribution in [3.8, 4) is 0 Å². The summed E-state index contributed by atoms with van der Waals surface area (Å²) in [6.45, 7) is -0.764.